The Hall–Kier alpha value is -2.40. The Kier molecular flexibility index (Phi) is 7.07. The first-order chi connectivity index (χ1) is 11.3. The SMILES string of the molecule is COc1ccc(OCCNCCOc2ccc(OC)cc2)cc1. The van der Waals surface area contributed by atoms with Gasteiger partial charge in [-0.1, -0.05) is 0 Å². The first kappa shape index (κ1) is 17.0. The van der Waals surface area contributed by atoms with Crippen LogP contribution < -0.4 is 24.3 Å². The summed E-state index contributed by atoms with van der Waals surface area (Å²) in [4.78, 5) is 0. The van der Waals surface area contributed by atoms with Crippen molar-refractivity contribution in [3.05, 3.63) is 48.5 Å². The van der Waals surface area contributed by atoms with Crippen molar-refractivity contribution in [1.29, 1.82) is 0 Å². The molecule has 0 saturated carbocycles. The van der Waals surface area contributed by atoms with E-state index in [1.54, 1.807) is 14.2 Å². The maximum Gasteiger partial charge on any atom is 0.119 e. The van der Waals surface area contributed by atoms with E-state index in [4.69, 9.17) is 18.9 Å². The van der Waals surface area contributed by atoms with Crippen LogP contribution in [0.3, 0.4) is 0 Å². The Labute approximate surface area is 137 Å². The molecule has 0 unspecified atom stereocenters. The number of nitrogens with one attached hydrogen (secondary N) is 1. The molecule has 0 fully saturated rings. The average Bonchev–Trinajstić information content (AvgIpc) is 2.62. The first-order valence-electron chi connectivity index (χ1n) is 7.56. The van der Waals surface area contributed by atoms with E-state index in [1.807, 2.05) is 48.5 Å². The van der Waals surface area contributed by atoms with Crippen molar-refractivity contribution in [2.75, 3.05) is 40.5 Å². The van der Waals surface area contributed by atoms with E-state index < -0.39 is 0 Å². The summed E-state index contributed by atoms with van der Waals surface area (Å²) in [7, 11) is 3.29. The summed E-state index contributed by atoms with van der Waals surface area (Å²) in [5.41, 5.74) is 0. The molecule has 1 N–H and O–H groups in total. The lowest BCUT2D eigenvalue weighted by atomic mass is 10.3. The molecule has 2 rings (SSSR count). The van der Waals surface area contributed by atoms with Gasteiger partial charge < -0.3 is 24.3 Å². The first-order valence-corrected chi connectivity index (χ1v) is 7.56. The summed E-state index contributed by atoms with van der Waals surface area (Å²) in [6.07, 6.45) is 0. The molecule has 0 heterocycles. The quantitative estimate of drug-likeness (QED) is 0.683. The molecule has 2 aromatic carbocycles. The van der Waals surface area contributed by atoms with Crippen LogP contribution in [0.2, 0.25) is 0 Å². The Morgan fingerprint density at radius 2 is 0.957 bits per heavy atom. The predicted octanol–water partition coefficient (Wildman–Crippen LogP) is 2.75. The third-order valence-corrected chi connectivity index (χ3v) is 3.21. The zero-order valence-electron chi connectivity index (χ0n) is 13.6. The molecule has 0 aliphatic rings. The van der Waals surface area contributed by atoms with Gasteiger partial charge in [-0.15, -0.1) is 0 Å². The van der Waals surface area contributed by atoms with Crippen molar-refractivity contribution in [3.63, 3.8) is 0 Å². The molecule has 0 radical (unpaired) electrons. The highest BCUT2D eigenvalue weighted by Crippen LogP contribution is 2.17. The maximum absolute atomic E-state index is 5.62. The molecule has 0 saturated heterocycles. The topological polar surface area (TPSA) is 49.0 Å². The van der Waals surface area contributed by atoms with Gasteiger partial charge in [-0.05, 0) is 48.5 Å². The van der Waals surface area contributed by atoms with Gasteiger partial charge in [-0.3, -0.25) is 0 Å². The number of rotatable bonds is 10. The van der Waals surface area contributed by atoms with Crippen LogP contribution in [0, 0.1) is 0 Å². The van der Waals surface area contributed by atoms with Gasteiger partial charge in [0.15, 0.2) is 0 Å². The Morgan fingerprint density at radius 1 is 0.609 bits per heavy atom. The minimum absolute atomic E-state index is 0.606. The summed E-state index contributed by atoms with van der Waals surface area (Å²) in [5, 5.41) is 3.27. The predicted molar refractivity (Wildman–Crippen MR) is 89.8 cm³/mol. The molecule has 0 amide bonds. The second kappa shape index (κ2) is 9.58. The van der Waals surface area contributed by atoms with E-state index >= 15 is 0 Å². The number of ether oxygens (including phenoxy) is 4. The fourth-order valence-electron chi connectivity index (χ4n) is 1.95. The molecule has 0 aliphatic carbocycles. The molecule has 5 heteroatoms. The summed E-state index contributed by atoms with van der Waals surface area (Å²) < 4.78 is 21.4. The fraction of sp³-hybridized carbons (Fsp3) is 0.333. The third-order valence-electron chi connectivity index (χ3n) is 3.21. The molecular weight excluding hydrogens is 294 g/mol. The second-order valence-electron chi connectivity index (χ2n) is 4.80. The van der Waals surface area contributed by atoms with Gasteiger partial charge in [0.25, 0.3) is 0 Å². The van der Waals surface area contributed by atoms with Gasteiger partial charge >= 0.3 is 0 Å². The molecule has 0 bridgehead atoms. The van der Waals surface area contributed by atoms with Crippen molar-refractivity contribution < 1.29 is 18.9 Å². The molecular formula is C18H23NO4. The summed E-state index contributed by atoms with van der Waals surface area (Å²) in [6, 6.07) is 15.1. The number of methoxy groups -OCH3 is 2. The maximum atomic E-state index is 5.62. The highest BCUT2D eigenvalue weighted by molar-refractivity contribution is 5.31. The molecule has 124 valence electrons. The van der Waals surface area contributed by atoms with Crippen LogP contribution in [-0.4, -0.2) is 40.5 Å². The Morgan fingerprint density at radius 3 is 1.30 bits per heavy atom. The van der Waals surface area contributed by atoms with Crippen LogP contribution in [0.4, 0.5) is 0 Å². The van der Waals surface area contributed by atoms with E-state index in [0.717, 1.165) is 36.1 Å². The molecule has 0 aliphatic heterocycles. The van der Waals surface area contributed by atoms with E-state index in [1.165, 1.54) is 0 Å². The van der Waals surface area contributed by atoms with Crippen molar-refractivity contribution in [2.24, 2.45) is 0 Å². The van der Waals surface area contributed by atoms with Crippen molar-refractivity contribution in [2.45, 2.75) is 0 Å². The standard InChI is InChI=1S/C18H23NO4/c1-20-15-3-7-17(8-4-15)22-13-11-19-12-14-23-18-9-5-16(21-2)6-10-18/h3-10,19H,11-14H2,1-2H3. The minimum Gasteiger partial charge on any atom is -0.497 e. The molecule has 2 aromatic rings. The van der Waals surface area contributed by atoms with Crippen LogP contribution in [-0.2, 0) is 0 Å². The Balaban J connectivity index is 1.53. The largest absolute Gasteiger partial charge is 0.497 e. The van der Waals surface area contributed by atoms with Gasteiger partial charge in [0, 0.05) is 13.1 Å². The highest BCUT2D eigenvalue weighted by atomic mass is 16.5. The van der Waals surface area contributed by atoms with Gasteiger partial charge in [-0.2, -0.15) is 0 Å². The van der Waals surface area contributed by atoms with E-state index in [2.05, 4.69) is 5.32 Å². The van der Waals surface area contributed by atoms with Gasteiger partial charge in [0.05, 0.1) is 14.2 Å². The number of hydrogen-bond acceptors (Lipinski definition) is 5. The smallest absolute Gasteiger partial charge is 0.119 e. The monoisotopic (exact) mass is 317 g/mol. The highest BCUT2D eigenvalue weighted by Gasteiger charge is 1.97. The second-order valence-corrected chi connectivity index (χ2v) is 4.80. The zero-order valence-corrected chi connectivity index (χ0v) is 13.6. The van der Waals surface area contributed by atoms with Crippen molar-refractivity contribution >= 4 is 0 Å². The van der Waals surface area contributed by atoms with E-state index in [0.29, 0.717) is 13.2 Å². The van der Waals surface area contributed by atoms with Crippen LogP contribution in [0.25, 0.3) is 0 Å². The summed E-state index contributed by atoms with van der Waals surface area (Å²) in [6.45, 7) is 2.74. The van der Waals surface area contributed by atoms with Crippen LogP contribution in [0.15, 0.2) is 48.5 Å². The zero-order chi connectivity index (χ0) is 16.3. The number of benzene rings is 2. The lowest BCUT2D eigenvalue weighted by Gasteiger charge is -2.09. The van der Waals surface area contributed by atoms with E-state index in [9.17, 15) is 0 Å². The van der Waals surface area contributed by atoms with E-state index in [-0.39, 0.29) is 0 Å². The van der Waals surface area contributed by atoms with Gasteiger partial charge in [-0.25, -0.2) is 0 Å². The molecule has 5 nitrogen and oxygen atoms in total. The van der Waals surface area contributed by atoms with Gasteiger partial charge in [0.1, 0.15) is 36.2 Å². The lowest BCUT2D eigenvalue weighted by molar-refractivity contribution is 0.288. The number of hydrogen-bond donors (Lipinski definition) is 1. The van der Waals surface area contributed by atoms with Crippen LogP contribution in [0.1, 0.15) is 0 Å². The molecule has 0 atom stereocenters. The third kappa shape index (κ3) is 6.08. The summed E-state index contributed by atoms with van der Waals surface area (Å²) >= 11 is 0. The Bertz CT molecular complexity index is 503. The molecule has 23 heavy (non-hydrogen) atoms. The summed E-state index contributed by atoms with van der Waals surface area (Å²) in [5.74, 6) is 3.32. The lowest BCUT2D eigenvalue weighted by Crippen LogP contribution is -2.25. The van der Waals surface area contributed by atoms with Crippen molar-refractivity contribution in [3.8, 4) is 23.0 Å². The average molecular weight is 317 g/mol. The van der Waals surface area contributed by atoms with Gasteiger partial charge in [0.2, 0.25) is 0 Å². The fourth-order valence-corrected chi connectivity index (χ4v) is 1.95. The minimum atomic E-state index is 0.606. The van der Waals surface area contributed by atoms with Crippen molar-refractivity contribution in [1.82, 2.24) is 5.32 Å². The van der Waals surface area contributed by atoms with Crippen LogP contribution in [0.5, 0.6) is 23.0 Å². The van der Waals surface area contributed by atoms with Crippen LogP contribution >= 0.6 is 0 Å². The normalized spacial score (nSPS) is 10.2. The molecule has 0 spiro atoms. The molecule has 0 aromatic heterocycles.